The molecule has 0 N–H and O–H groups in total. The number of carbonyl (C=O) groups excluding carboxylic acids is 1. The number of piperazine rings is 1. The number of nitrogens with zero attached hydrogens (tertiary/aromatic N) is 2. The average molecular weight is 441 g/mol. The number of carbonyl (C=O) groups is 1. The minimum Gasteiger partial charge on any atom is -0.368 e. The second kappa shape index (κ2) is 7.45. The van der Waals surface area contributed by atoms with Crippen LogP contribution in [-0.4, -0.2) is 43.2 Å². The van der Waals surface area contributed by atoms with E-state index in [-0.39, 0.29) is 12.0 Å². The van der Waals surface area contributed by atoms with Crippen molar-refractivity contribution in [2.45, 2.75) is 24.9 Å². The molecule has 0 spiro atoms. The summed E-state index contributed by atoms with van der Waals surface area (Å²) >= 11 is 6.09. The zero-order valence-corrected chi connectivity index (χ0v) is 17.1. The summed E-state index contributed by atoms with van der Waals surface area (Å²) in [6, 6.07) is 9.87. The quantitative estimate of drug-likeness (QED) is 0.630. The largest absolute Gasteiger partial charge is 0.399 e. The van der Waals surface area contributed by atoms with Crippen LogP contribution in [0, 0.1) is 18.7 Å². The van der Waals surface area contributed by atoms with E-state index >= 15 is 0 Å². The number of halogens is 5. The lowest BCUT2D eigenvalue weighted by atomic mass is 9.92. The van der Waals surface area contributed by atoms with Crippen LogP contribution in [0.5, 0.6) is 0 Å². The SMILES string of the molecule is Cc1ccc(Cl)cc1N1CCN(C(=O)C2CC2(c2ccc(F)cc2)C(F)(F)F)CC1. The molecule has 30 heavy (non-hydrogen) atoms. The third kappa shape index (κ3) is 3.53. The summed E-state index contributed by atoms with van der Waals surface area (Å²) in [6.07, 6.45) is -4.88. The third-order valence-corrected chi connectivity index (χ3v) is 6.46. The molecule has 2 aromatic rings. The number of rotatable bonds is 3. The maximum absolute atomic E-state index is 13.9. The van der Waals surface area contributed by atoms with E-state index in [0.717, 1.165) is 35.5 Å². The van der Waals surface area contributed by atoms with Crippen LogP contribution < -0.4 is 4.90 Å². The number of hydrogen-bond acceptors (Lipinski definition) is 2. The number of amides is 1. The Hall–Kier alpha value is -2.28. The fourth-order valence-corrected chi connectivity index (χ4v) is 4.58. The zero-order valence-electron chi connectivity index (χ0n) is 16.3. The van der Waals surface area contributed by atoms with Crippen molar-refractivity contribution in [2.24, 2.45) is 5.92 Å². The molecule has 0 bridgehead atoms. The molecule has 160 valence electrons. The number of anilines is 1. The van der Waals surface area contributed by atoms with Gasteiger partial charge >= 0.3 is 6.18 Å². The van der Waals surface area contributed by atoms with Crippen molar-refractivity contribution in [1.82, 2.24) is 4.90 Å². The topological polar surface area (TPSA) is 23.6 Å². The first-order valence-corrected chi connectivity index (χ1v) is 10.1. The first-order valence-electron chi connectivity index (χ1n) is 9.76. The summed E-state index contributed by atoms with van der Waals surface area (Å²) in [5.41, 5.74) is -0.257. The molecule has 1 amide bonds. The van der Waals surface area contributed by atoms with Gasteiger partial charge in [0.15, 0.2) is 0 Å². The Morgan fingerprint density at radius 2 is 1.70 bits per heavy atom. The Bertz CT molecular complexity index is 955. The second-order valence-electron chi connectivity index (χ2n) is 7.98. The zero-order chi connectivity index (χ0) is 21.7. The van der Waals surface area contributed by atoms with Gasteiger partial charge in [-0.05, 0) is 48.7 Å². The highest BCUT2D eigenvalue weighted by atomic mass is 35.5. The Morgan fingerprint density at radius 1 is 1.07 bits per heavy atom. The van der Waals surface area contributed by atoms with Gasteiger partial charge in [-0.1, -0.05) is 29.8 Å². The molecule has 1 aliphatic heterocycles. The van der Waals surface area contributed by atoms with E-state index < -0.39 is 29.2 Å². The van der Waals surface area contributed by atoms with Gasteiger partial charge in [0.2, 0.25) is 5.91 Å². The highest BCUT2D eigenvalue weighted by Crippen LogP contribution is 2.64. The average Bonchev–Trinajstić information content (AvgIpc) is 3.47. The highest BCUT2D eigenvalue weighted by molar-refractivity contribution is 6.30. The Balaban J connectivity index is 1.48. The fourth-order valence-electron chi connectivity index (χ4n) is 4.42. The second-order valence-corrected chi connectivity index (χ2v) is 8.41. The van der Waals surface area contributed by atoms with Crippen molar-refractivity contribution in [3.63, 3.8) is 0 Å². The first-order chi connectivity index (χ1) is 14.1. The van der Waals surface area contributed by atoms with Crippen molar-refractivity contribution in [3.05, 3.63) is 64.4 Å². The molecular formula is C22H21ClF4N2O. The van der Waals surface area contributed by atoms with E-state index in [4.69, 9.17) is 11.6 Å². The molecule has 1 saturated carbocycles. The van der Waals surface area contributed by atoms with E-state index in [1.165, 1.54) is 4.90 Å². The lowest BCUT2D eigenvalue weighted by Gasteiger charge is -2.37. The van der Waals surface area contributed by atoms with Crippen molar-refractivity contribution in [1.29, 1.82) is 0 Å². The van der Waals surface area contributed by atoms with Crippen LogP contribution in [0.25, 0.3) is 0 Å². The molecule has 2 aliphatic rings. The monoisotopic (exact) mass is 440 g/mol. The minimum absolute atomic E-state index is 0.0528. The van der Waals surface area contributed by atoms with Crippen molar-refractivity contribution < 1.29 is 22.4 Å². The lowest BCUT2D eigenvalue weighted by Crippen LogP contribution is -2.50. The normalized spacial score (nSPS) is 24.1. The van der Waals surface area contributed by atoms with E-state index in [0.29, 0.717) is 31.2 Å². The molecule has 1 aliphatic carbocycles. The Kier molecular flexibility index (Phi) is 5.21. The summed E-state index contributed by atoms with van der Waals surface area (Å²) in [7, 11) is 0. The van der Waals surface area contributed by atoms with Crippen molar-refractivity contribution in [2.75, 3.05) is 31.1 Å². The summed E-state index contributed by atoms with van der Waals surface area (Å²) in [5, 5.41) is 0.612. The van der Waals surface area contributed by atoms with Crippen molar-refractivity contribution in [3.8, 4) is 0 Å². The van der Waals surface area contributed by atoms with Crippen LogP contribution in [0.1, 0.15) is 17.5 Å². The van der Waals surface area contributed by atoms with Gasteiger partial charge in [-0.3, -0.25) is 4.79 Å². The smallest absolute Gasteiger partial charge is 0.368 e. The van der Waals surface area contributed by atoms with Crippen LogP contribution in [0.4, 0.5) is 23.2 Å². The Labute approximate surface area is 177 Å². The van der Waals surface area contributed by atoms with Crippen LogP contribution in [-0.2, 0) is 10.2 Å². The van der Waals surface area contributed by atoms with Crippen LogP contribution in [0.2, 0.25) is 5.02 Å². The molecule has 2 unspecified atom stereocenters. The summed E-state index contributed by atoms with van der Waals surface area (Å²) in [5.74, 6) is -2.26. The number of alkyl halides is 3. The van der Waals surface area contributed by atoms with Crippen molar-refractivity contribution >= 4 is 23.2 Å². The molecule has 0 aromatic heterocycles. The van der Waals surface area contributed by atoms with Gasteiger partial charge in [0.25, 0.3) is 0 Å². The highest BCUT2D eigenvalue weighted by Gasteiger charge is 2.74. The molecule has 2 aromatic carbocycles. The molecule has 3 nitrogen and oxygen atoms in total. The predicted octanol–water partition coefficient (Wildman–Crippen LogP) is 4.96. The van der Waals surface area contributed by atoms with Gasteiger partial charge in [0.1, 0.15) is 11.2 Å². The van der Waals surface area contributed by atoms with E-state index in [1.54, 1.807) is 6.07 Å². The van der Waals surface area contributed by atoms with Crippen LogP contribution >= 0.6 is 11.6 Å². The third-order valence-electron chi connectivity index (χ3n) is 6.23. The van der Waals surface area contributed by atoms with E-state index in [2.05, 4.69) is 4.90 Å². The van der Waals surface area contributed by atoms with Gasteiger partial charge in [-0.2, -0.15) is 13.2 Å². The van der Waals surface area contributed by atoms with Gasteiger partial charge in [0.05, 0.1) is 5.92 Å². The first kappa shape index (κ1) is 21.0. The number of aryl methyl sites for hydroxylation is 1. The summed E-state index contributed by atoms with van der Waals surface area (Å²) in [4.78, 5) is 16.5. The van der Waals surface area contributed by atoms with Gasteiger partial charge in [-0.25, -0.2) is 4.39 Å². The standard InChI is InChI=1S/C22H21ClF4N2O/c1-14-2-5-16(23)12-19(14)28-8-10-29(11-9-28)20(30)18-13-21(18,22(25,26)27)15-3-6-17(24)7-4-15/h2-7,12,18H,8-11,13H2,1H3. The molecular weight excluding hydrogens is 420 g/mol. The lowest BCUT2D eigenvalue weighted by molar-refractivity contribution is -0.169. The maximum atomic E-state index is 13.9. The predicted molar refractivity (Wildman–Crippen MR) is 107 cm³/mol. The molecule has 4 rings (SSSR count). The van der Waals surface area contributed by atoms with Crippen LogP contribution in [0.15, 0.2) is 42.5 Å². The Morgan fingerprint density at radius 3 is 2.30 bits per heavy atom. The van der Waals surface area contributed by atoms with Gasteiger partial charge in [0, 0.05) is 36.9 Å². The molecule has 1 saturated heterocycles. The molecule has 2 atom stereocenters. The fraction of sp³-hybridized carbons (Fsp3) is 0.409. The van der Waals surface area contributed by atoms with Crippen LogP contribution in [0.3, 0.4) is 0 Å². The van der Waals surface area contributed by atoms with Gasteiger partial charge in [-0.15, -0.1) is 0 Å². The molecule has 2 fully saturated rings. The molecule has 8 heteroatoms. The maximum Gasteiger partial charge on any atom is 0.399 e. The summed E-state index contributed by atoms with van der Waals surface area (Å²) < 4.78 is 55.0. The van der Waals surface area contributed by atoms with Gasteiger partial charge < -0.3 is 9.80 Å². The number of benzene rings is 2. The minimum atomic E-state index is -4.58. The summed E-state index contributed by atoms with van der Waals surface area (Å²) in [6.45, 7) is 3.70. The van der Waals surface area contributed by atoms with E-state index in [1.807, 2.05) is 19.1 Å². The molecule has 1 heterocycles. The molecule has 0 radical (unpaired) electrons. The number of hydrogen-bond donors (Lipinski definition) is 0. The van der Waals surface area contributed by atoms with E-state index in [9.17, 15) is 22.4 Å².